The summed E-state index contributed by atoms with van der Waals surface area (Å²) in [6, 6.07) is 13.6. The van der Waals surface area contributed by atoms with Crippen molar-refractivity contribution in [2.75, 3.05) is 41.9 Å². The lowest BCUT2D eigenvalue weighted by Gasteiger charge is -2.21. The van der Waals surface area contributed by atoms with E-state index in [-0.39, 0.29) is 0 Å². The van der Waals surface area contributed by atoms with Crippen LogP contribution in [0.15, 0.2) is 36.4 Å². The predicted octanol–water partition coefficient (Wildman–Crippen LogP) is 6.12. The van der Waals surface area contributed by atoms with Gasteiger partial charge in [-0.3, -0.25) is 9.80 Å². The SMILES string of the molecule is CC.CC.CN(C)Cc1ccc2sc3c(CN(C)CN(C)C)cccc3c2c1. The molecule has 4 heteroatoms. The molecule has 0 aliphatic heterocycles. The monoisotopic (exact) mass is 401 g/mol. The maximum absolute atomic E-state index is 2.36. The van der Waals surface area contributed by atoms with Gasteiger partial charge in [-0.05, 0) is 58.5 Å². The van der Waals surface area contributed by atoms with Gasteiger partial charge in [0.1, 0.15) is 0 Å². The lowest BCUT2D eigenvalue weighted by Crippen LogP contribution is -2.29. The van der Waals surface area contributed by atoms with Crippen LogP contribution < -0.4 is 0 Å². The molecule has 3 rings (SSSR count). The van der Waals surface area contributed by atoms with Crippen molar-refractivity contribution in [1.82, 2.24) is 14.7 Å². The Bertz CT molecular complexity index is 836. The number of fused-ring (bicyclic) bond motifs is 3. The molecule has 0 aliphatic rings. The van der Waals surface area contributed by atoms with E-state index in [1.54, 1.807) is 0 Å². The molecular formula is C24H39N3S. The summed E-state index contributed by atoms with van der Waals surface area (Å²) in [7, 11) is 10.6. The molecule has 0 aliphatic carbocycles. The number of benzene rings is 2. The van der Waals surface area contributed by atoms with Gasteiger partial charge in [0.15, 0.2) is 0 Å². The highest BCUT2D eigenvalue weighted by Gasteiger charge is 2.11. The molecular weight excluding hydrogens is 362 g/mol. The van der Waals surface area contributed by atoms with Gasteiger partial charge in [0.25, 0.3) is 0 Å². The molecule has 1 aromatic heterocycles. The van der Waals surface area contributed by atoms with Crippen molar-refractivity contribution in [3.05, 3.63) is 47.5 Å². The third-order valence-corrected chi connectivity index (χ3v) is 5.37. The van der Waals surface area contributed by atoms with Crippen molar-refractivity contribution in [3.63, 3.8) is 0 Å². The van der Waals surface area contributed by atoms with E-state index in [1.807, 2.05) is 39.0 Å². The second kappa shape index (κ2) is 12.2. The Balaban J connectivity index is 0.000000921. The van der Waals surface area contributed by atoms with Crippen molar-refractivity contribution in [2.45, 2.75) is 40.8 Å². The molecule has 0 bridgehead atoms. The highest BCUT2D eigenvalue weighted by molar-refractivity contribution is 7.26. The molecule has 3 aromatic rings. The van der Waals surface area contributed by atoms with Crippen LogP contribution in [0.2, 0.25) is 0 Å². The Hall–Kier alpha value is -1.46. The van der Waals surface area contributed by atoms with Crippen molar-refractivity contribution in [2.24, 2.45) is 0 Å². The second-order valence-corrected chi connectivity index (χ2v) is 8.25. The lowest BCUT2D eigenvalue weighted by molar-refractivity contribution is 0.205. The minimum absolute atomic E-state index is 0.967. The van der Waals surface area contributed by atoms with Gasteiger partial charge < -0.3 is 4.90 Å². The highest BCUT2D eigenvalue weighted by atomic mass is 32.1. The molecule has 0 fully saturated rings. The molecule has 0 saturated heterocycles. The Kier molecular flexibility index (Phi) is 10.7. The average Bonchev–Trinajstić information content (AvgIpc) is 3.03. The number of nitrogens with zero attached hydrogens (tertiary/aromatic N) is 3. The van der Waals surface area contributed by atoms with Gasteiger partial charge in [-0.1, -0.05) is 52.0 Å². The zero-order valence-corrected chi connectivity index (χ0v) is 20.2. The number of rotatable bonds is 6. The summed E-state index contributed by atoms with van der Waals surface area (Å²) >= 11 is 1.92. The number of hydrogen-bond acceptors (Lipinski definition) is 4. The molecule has 156 valence electrons. The van der Waals surface area contributed by atoms with E-state index in [0.717, 1.165) is 19.8 Å². The standard InChI is InChI=1S/C20H27N3S.2C2H6/c1-21(2)12-15-9-10-19-18(11-15)17-8-6-7-16(20(17)24-19)13-23(5)14-22(3)4;2*1-2/h6-11H,12-14H2,1-5H3;2*1-2H3. The largest absolute Gasteiger partial charge is 0.305 e. The first kappa shape index (κ1) is 24.6. The van der Waals surface area contributed by atoms with E-state index in [2.05, 4.69) is 86.3 Å². The summed E-state index contributed by atoms with van der Waals surface area (Å²) in [6.45, 7) is 10.9. The molecule has 0 radical (unpaired) electrons. The highest BCUT2D eigenvalue weighted by Crippen LogP contribution is 2.36. The zero-order chi connectivity index (χ0) is 21.3. The summed E-state index contributed by atoms with van der Waals surface area (Å²) in [5.74, 6) is 0. The van der Waals surface area contributed by atoms with Crippen LogP contribution in [0.5, 0.6) is 0 Å². The van der Waals surface area contributed by atoms with E-state index in [4.69, 9.17) is 0 Å². The normalized spacial score (nSPS) is 11.0. The van der Waals surface area contributed by atoms with Crippen molar-refractivity contribution in [1.29, 1.82) is 0 Å². The molecule has 0 amide bonds. The fourth-order valence-electron chi connectivity index (χ4n) is 3.32. The van der Waals surface area contributed by atoms with E-state index >= 15 is 0 Å². The lowest BCUT2D eigenvalue weighted by atomic mass is 10.1. The number of hydrogen-bond donors (Lipinski definition) is 0. The summed E-state index contributed by atoms with van der Waals surface area (Å²) in [5.41, 5.74) is 2.80. The van der Waals surface area contributed by atoms with Gasteiger partial charge in [0, 0.05) is 33.3 Å². The predicted molar refractivity (Wildman–Crippen MR) is 129 cm³/mol. The smallest absolute Gasteiger partial charge is 0.0501 e. The molecule has 3 nitrogen and oxygen atoms in total. The Morgan fingerprint density at radius 3 is 2.04 bits per heavy atom. The van der Waals surface area contributed by atoms with Crippen LogP contribution in [0.1, 0.15) is 38.8 Å². The first-order valence-corrected chi connectivity index (χ1v) is 11.2. The van der Waals surface area contributed by atoms with Gasteiger partial charge >= 0.3 is 0 Å². The Morgan fingerprint density at radius 1 is 0.750 bits per heavy atom. The minimum atomic E-state index is 0.967. The quantitative estimate of drug-likeness (QED) is 0.461. The van der Waals surface area contributed by atoms with Crippen LogP contribution in [0.25, 0.3) is 20.2 Å². The summed E-state index contributed by atoms with van der Waals surface area (Å²) in [5, 5.41) is 2.79. The van der Waals surface area contributed by atoms with Crippen LogP contribution in [0, 0.1) is 0 Å². The third-order valence-electron chi connectivity index (χ3n) is 4.11. The molecule has 0 spiro atoms. The van der Waals surface area contributed by atoms with Gasteiger partial charge in [0.05, 0.1) is 6.67 Å². The van der Waals surface area contributed by atoms with Crippen LogP contribution in [-0.4, -0.2) is 56.6 Å². The molecule has 0 saturated carbocycles. The third kappa shape index (κ3) is 6.56. The van der Waals surface area contributed by atoms with Crippen LogP contribution in [-0.2, 0) is 13.1 Å². The first-order valence-electron chi connectivity index (χ1n) is 10.3. The summed E-state index contributed by atoms with van der Waals surface area (Å²) in [4.78, 5) is 6.78. The fourth-order valence-corrected chi connectivity index (χ4v) is 4.50. The summed E-state index contributed by atoms with van der Waals surface area (Å²) in [6.07, 6.45) is 0. The van der Waals surface area contributed by atoms with E-state index < -0.39 is 0 Å². The topological polar surface area (TPSA) is 9.72 Å². The second-order valence-electron chi connectivity index (χ2n) is 7.20. The maximum atomic E-state index is 2.36. The van der Waals surface area contributed by atoms with E-state index in [1.165, 1.54) is 31.3 Å². The van der Waals surface area contributed by atoms with Crippen molar-refractivity contribution >= 4 is 31.5 Å². The van der Waals surface area contributed by atoms with E-state index in [9.17, 15) is 0 Å². The van der Waals surface area contributed by atoms with Gasteiger partial charge in [0.2, 0.25) is 0 Å². The van der Waals surface area contributed by atoms with Crippen LogP contribution in [0.4, 0.5) is 0 Å². The van der Waals surface area contributed by atoms with Crippen molar-refractivity contribution in [3.8, 4) is 0 Å². The first-order chi connectivity index (χ1) is 13.4. The molecule has 28 heavy (non-hydrogen) atoms. The molecule has 0 atom stereocenters. The van der Waals surface area contributed by atoms with Crippen LogP contribution >= 0.6 is 11.3 Å². The fraction of sp³-hybridized carbons (Fsp3) is 0.500. The number of thiophene rings is 1. The van der Waals surface area contributed by atoms with Crippen LogP contribution in [0.3, 0.4) is 0 Å². The van der Waals surface area contributed by atoms with Gasteiger partial charge in [-0.2, -0.15) is 0 Å². The maximum Gasteiger partial charge on any atom is 0.0501 e. The molecule has 0 unspecified atom stereocenters. The minimum Gasteiger partial charge on any atom is -0.305 e. The van der Waals surface area contributed by atoms with E-state index in [0.29, 0.717) is 0 Å². The molecule has 0 N–H and O–H groups in total. The molecule has 2 aromatic carbocycles. The van der Waals surface area contributed by atoms with Gasteiger partial charge in [-0.25, -0.2) is 0 Å². The van der Waals surface area contributed by atoms with Crippen molar-refractivity contribution < 1.29 is 0 Å². The van der Waals surface area contributed by atoms with Gasteiger partial charge in [-0.15, -0.1) is 11.3 Å². The summed E-state index contributed by atoms with van der Waals surface area (Å²) < 4.78 is 2.82. The Morgan fingerprint density at radius 2 is 1.43 bits per heavy atom. The zero-order valence-electron chi connectivity index (χ0n) is 19.3. The average molecular weight is 402 g/mol. The molecule has 1 heterocycles. The Labute approximate surface area is 176 Å².